The standard InChI is InChI=1S/C19H27N5O3/c1-12(2)10-19(4,11-20)21-18(25)17-13(3)24(23-22-17)14-5-6-15-16(9-14)27-8-7-26-15/h5-6,9,12H,7-8,10-11,20H2,1-4H3,(H,21,25). The van der Waals surface area contributed by atoms with E-state index in [1.54, 1.807) is 4.68 Å². The number of aromatic nitrogens is 3. The molecule has 146 valence electrons. The number of carbonyl (C=O) groups excluding carboxylic acids is 1. The SMILES string of the molecule is Cc1c(C(=O)NC(C)(CN)CC(C)C)nnn1-c1ccc2c(c1)OCCO2. The van der Waals surface area contributed by atoms with Crippen LogP contribution in [0.25, 0.3) is 5.69 Å². The lowest BCUT2D eigenvalue weighted by molar-refractivity contribution is 0.0892. The van der Waals surface area contributed by atoms with E-state index in [0.717, 1.165) is 12.1 Å². The summed E-state index contributed by atoms with van der Waals surface area (Å²) in [5.41, 5.74) is 7.10. The van der Waals surface area contributed by atoms with Gasteiger partial charge in [0.1, 0.15) is 13.2 Å². The van der Waals surface area contributed by atoms with Gasteiger partial charge in [0.05, 0.1) is 16.9 Å². The fourth-order valence-electron chi connectivity index (χ4n) is 3.37. The van der Waals surface area contributed by atoms with Gasteiger partial charge in [-0.15, -0.1) is 5.10 Å². The van der Waals surface area contributed by atoms with Crippen molar-refractivity contribution in [2.24, 2.45) is 11.7 Å². The number of benzene rings is 1. The van der Waals surface area contributed by atoms with E-state index in [4.69, 9.17) is 15.2 Å². The van der Waals surface area contributed by atoms with Crippen LogP contribution in [-0.2, 0) is 0 Å². The maximum absolute atomic E-state index is 12.8. The number of nitrogens with two attached hydrogens (primary N) is 1. The summed E-state index contributed by atoms with van der Waals surface area (Å²) >= 11 is 0. The maximum Gasteiger partial charge on any atom is 0.274 e. The first-order valence-electron chi connectivity index (χ1n) is 9.18. The third kappa shape index (κ3) is 4.05. The van der Waals surface area contributed by atoms with Gasteiger partial charge in [0, 0.05) is 12.6 Å². The molecule has 1 aliphatic rings. The van der Waals surface area contributed by atoms with E-state index >= 15 is 0 Å². The molecule has 8 nitrogen and oxygen atoms in total. The highest BCUT2D eigenvalue weighted by Crippen LogP contribution is 2.32. The van der Waals surface area contributed by atoms with Gasteiger partial charge in [-0.2, -0.15) is 0 Å². The highest BCUT2D eigenvalue weighted by Gasteiger charge is 2.29. The Kier molecular flexibility index (Phi) is 5.36. The van der Waals surface area contributed by atoms with Gasteiger partial charge in [-0.3, -0.25) is 4.79 Å². The van der Waals surface area contributed by atoms with Crippen LogP contribution in [0.15, 0.2) is 18.2 Å². The topological polar surface area (TPSA) is 104 Å². The molecule has 3 rings (SSSR count). The molecule has 3 N–H and O–H groups in total. The third-order valence-electron chi connectivity index (χ3n) is 4.60. The Morgan fingerprint density at radius 2 is 2.04 bits per heavy atom. The van der Waals surface area contributed by atoms with Crippen LogP contribution in [0, 0.1) is 12.8 Å². The van der Waals surface area contributed by atoms with Crippen LogP contribution in [0.3, 0.4) is 0 Å². The minimum atomic E-state index is -0.488. The monoisotopic (exact) mass is 373 g/mol. The second kappa shape index (κ2) is 7.56. The van der Waals surface area contributed by atoms with Crippen molar-refractivity contribution >= 4 is 5.91 Å². The van der Waals surface area contributed by atoms with Crippen molar-refractivity contribution in [3.05, 3.63) is 29.6 Å². The van der Waals surface area contributed by atoms with Gasteiger partial charge in [-0.1, -0.05) is 19.1 Å². The largest absolute Gasteiger partial charge is 0.486 e. The molecule has 0 saturated carbocycles. The van der Waals surface area contributed by atoms with Gasteiger partial charge in [0.15, 0.2) is 17.2 Å². The molecule has 1 aromatic heterocycles. The molecule has 0 bridgehead atoms. The molecule has 2 aromatic rings. The van der Waals surface area contributed by atoms with Gasteiger partial charge >= 0.3 is 0 Å². The number of carbonyl (C=O) groups is 1. The van der Waals surface area contributed by atoms with Gasteiger partial charge < -0.3 is 20.5 Å². The van der Waals surface area contributed by atoms with E-state index in [2.05, 4.69) is 29.5 Å². The molecule has 1 amide bonds. The van der Waals surface area contributed by atoms with Crippen molar-refractivity contribution in [1.29, 1.82) is 0 Å². The first-order valence-corrected chi connectivity index (χ1v) is 9.18. The summed E-state index contributed by atoms with van der Waals surface area (Å²) in [7, 11) is 0. The second-order valence-corrected chi connectivity index (χ2v) is 7.58. The summed E-state index contributed by atoms with van der Waals surface area (Å²) in [6.45, 7) is 9.36. The number of ether oxygens (including phenoxy) is 2. The summed E-state index contributed by atoms with van der Waals surface area (Å²) in [6.07, 6.45) is 0.782. The molecule has 1 aliphatic heterocycles. The predicted molar refractivity (Wildman–Crippen MR) is 101 cm³/mol. The van der Waals surface area contributed by atoms with E-state index in [-0.39, 0.29) is 11.6 Å². The Balaban J connectivity index is 1.84. The van der Waals surface area contributed by atoms with Gasteiger partial charge in [-0.05, 0) is 38.3 Å². The van der Waals surface area contributed by atoms with Gasteiger partial charge in [0.2, 0.25) is 0 Å². The lowest BCUT2D eigenvalue weighted by Gasteiger charge is -2.30. The maximum atomic E-state index is 12.8. The van der Waals surface area contributed by atoms with Crippen molar-refractivity contribution < 1.29 is 14.3 Å². The number of nitrogens with one attached hydrogen (secondary N) is 1. The molecule has 27 heavy (non-hydrogen) atoms. The van der Waals surface area contributed by atoms with Gasteiger partial charge in [0.25, 0.3) is 5.91 Å². The highest BCUT2D eigenvalue weighted by atomic mass is 16.6. The predicted octanol–water partition coefficient (Wildman–Crippen LogP) is 1.84. The summed E-state index contributed by atoms with van der Waals surface area (Å²) in [6, 6.07) is 5.53. The molecular weight excluding hydrogens is 346 g/mol. The smallest absolute Gasteiger partial charge is 0.274 e. The molecule has 1 unspecified atom stereocenters. The van der Waals surface area contributed by atoms with Crippen molar-refractivity contribution in [3.8, 4) is 17.2 Å². The van der Waals surface area contributed by atoms with Crippen molar-refractivity contribution in [2.45, 2.75) is 39.7 Å². The average molecular weight is 373 g/mol. The van der Waals surface area contributed by atoms with E-state index in [0.29, 0.717) is 42.9 Å². The molecule has 8 heteroatoms. The Morgan fingerprint density at radius 3 is 2.70 bits per heavy atom. The van der Waals surface area contributed by atoms with Crippen LogP contribution >= 0.6 is 0 Å². The molecule has 1 aromatic carbocycles. The molecular formula is C19H27N5O3. The number of fused-ring (bicyclic) bond motifs is 1. The number of rotatable bonds is 6. The quantitative estimate of drug-likeness (QED) is 0.801. The molecule has 0 radical (unpaired) electrons. The molecule has 0 saturated heterocycles. The van der Waals surface area contributed by atoms with Crippen LogP contribution in [-0.4, -0.2) is 46.2 Å². The lowest BCUT2D eigenvalue weighted by atomic mass is 9.90. The van der Waals surface area contributed by atoms with E-state index < -0.39 is 5.54 Å². The number of amides is 1. The van der Waals surface area contributed by atoms with Crippen LogP contribution in [0.5, 0.6) is 11.5 Å². The zero-order chi connectivity index (χ0) is 19.6. The fourth-order valence-corrected chi connectivity index (χ4v) is 3.37. The molecule has 2 heterocycles. The Hall–Kier alpha value is -2.61. The second-order valence-electron chi connectivity index (χ2n) is 7.58. The Labute approximate surface area is 159 Å². The van der Waals surface area contributed by atoms with Crippen LogP contribution in [0.4, 0.5) is 0 Å². The van der Waals surface area contributed by atoms with Crippen LogP contribution < -0.4 is 20.5 Å². The van der Waals surface area contributed by atoms with E-state index in [9.17, 15) is 4.79 Å². The number of hydrogen-bond acceptors (Lipinski definition) is 6. The van der Waals surface area contributed by atoms with Crippen LogP contribution in [0.1, 0.15) is 43.4 Å². The molecule has 1 atom stereocenters. The Bertz CT molecular complexity index is 833. The summed E-state index contributed by atoms with van der Waals surface area (Å²) in [5.74, 6) is 1.50. The summed E-state index contributed by atoms with van der Waals surface area (Å²) < 4.78 is 12.8. The average Bonchev–Trinajstić information content (AvgIpc) is 3.02. The highest BCUT2D eigenvalue weighted by molar-refractivity contribution is 5.93. The zero-order valence-electron chi connectivity index (χ0n) is 16.3. The normalized spacial score (nSPS) is 15.5. The minimum Gasteiger partial charge on any atom is -0.486 e. The number of nitrogens with zero attached hydrogens (tertiary/aromatic N) is 3. The van der Waals surface area contributed by atoms with Gasteiger partial charge in [-0.25, -0.2) is 4.68 Å². The van der Waals surface area contributed by atoms with Crippen molar-refractivity contribution in [1.82, 2.24) is 20.3 Å². The minimum absolute atomic E-state index is 0.273. The summed E-state index contributed by atoms with van der Waals surface area (Å²) in [5, 5.41) is 11.3. The van der Waals surface area contributed by atoms with Crippen molar-refractivity contribution in [2.75, 3.05) is 19.8 Å². The number of hydrogen-bond donors (Lipinski definition) is 2. The van der Waals surface area contributed by atoms with E-state index in [1.807, 2.05) is 32.0 Å². The molecule has 0 aliphatic carbocycles. The van der Waals surface area contributed by atoms with E-state index in [1.165, 1.54) is 0 Å². The molecule has 0 spiro atoms. The van der Waals surface area contributed by atoms with Crippen molar-refractivity contribution in [3.63, 3.8) is 0 Å². The third-order valence-corrected chi connectivity index (χ3v) is 4.60. The fraction of sp³-hybridized carbons (Fsp3) is 0.526. The zero-order valence-corrected chi connectivity index (χ0v) is 16.3. The Morgan fingerprint density at radius 1 is 1.33 bits per heavy atom. The first-order chi connectivity index (χ1) is 12.8. The summed E-state index contributed by atoms with van der Waals surface area (Å²) in [4.78, 5) is 12.8. The van der Waals surface area contributed by atoms with Crippen LogP contribution in [0.2, 0.25) is 0 Å². The first kappa shape index (κ1) is 19.2. The lowest BCUT2D eigenvalue weighted by Crippen LogP contribution is -2.52. The molecule has 0 fully saturated rings.